The van der Waals surface area contributed by atoms with Crippen LogP contribution >= 0.6 is 27.5 Å². The lowest BCUT2D eigenvalue weighted by Crippen LogP contribution is -2.13. The van der Waals surface area contributed by atoms with Gasteiger partial charge in [-0.1, -0.05) is 131 Å². The first kappa shape index (κ1) is 44.9. The zero-order valence-electron chi connectivity index (χ0n) is 33.8. The van der Waals surface area contributed by atoms with Gasteiger partial charge in [-0.25, -0.2) is 4.98 Å². The summed E-state index contributed by atoms with van der Waals surface area (Å²) < 4.78 is 0.951. The first-order chi connectivity index (χ1) is 29.6. The van der Waals surface area contributed by atoms with Crippen LogP contribution in [0.4, 0.5) is 17.1 Å². The maximum Gasteiger partial charge on any atom is 0.274 e. The van der Waals surface area contributed by atoms with Gasteiger partial charge in [0.15, 0.2) is 0 Å². The third kappa shape index (κ3) is 12.0. The number of aromatic nitrogens is 1. The van der Waals surface area contributed by atoms with Gasteiger partial charge in [-0.2, -0.15) is 0 Å². The number of rotatable bonds is 6. The van der Waals surface area contributed by atoms with Crippen molar-refractivity contribution in [2.45, 2.75) is 47.0 Å². The molecule has 7 aromatic carbocycles. The Morgan fingerprint density at radius 3 is 1.61 bits per heavy atom. The smallest absolute Gasteiger partial charge is 0.274 e. The number of hydrogen-bond donors (Lipinski definition) is 3. The number of nitrogens with one attached hydrogen (secondary N) is 3. The highest BCUT2D eigenvalue weighted by Gasteiger charge is 2.14. The van der Waals surface area contributed by atoms with E-state index in [9.17, 15) is 14.4 Å². The zero-order valence-corrected chi connectivity index (χ0v) is 36.2. The number of fused-ring (bicyclic) bond motifs is 3. The Morgan fingerprint density at radius 2 is 1.00 bits per heavy atom. The lowest BCUT2D eigenvalue weighted by atomic mass is 9.90. The van der Waals surface area contributed by atoms with Crippen LogP contribution in [0.5, 0.6) is 0 Å². The first-order valence-corrected chi connectivity index (χ1v) is 21.2. The molecule has 0 saturated carbocycles. The van der Waals surface area contributed by atoms with Crippen LogP contribution in [0.15, 0.2) is 168 Å². The Labute approximate surface area is 376 Å². The van der Waals surface area contributed by atoms with Crippen LogP contribution in [-0.2, 0) is 12.8 Å². The highest BCUT2D eigenvalue weighted by Crippen LogP contribution is 2.25. The van der Waals surface area contributed by atoms with E-state index in [0.717, 1.165) is 55.8 Å². The molecule has 3 amide bonds. The van der Waals surface area contributed by atoms with Crippen LogP contribution in [-0.4, -0.2) is 22.7 Å². The van der Waals surface area contributed by atoms with Gasteiger partial charge in [0, 0.05) is 38.0 Å². The number of anilines is 3. The fourth-order valence-electron chi connectivity index (χ4n) is 6.89. The van der Waals surface area contributed by atoms with E-state index in [2.05, 4.69) is 49.0 Å². The summed E-state index contributed by atoms with van der Waals surface area (Å²) in [5.41, 5.74) is 9.19. The Morgan fingerprint density at radius 1 is 0.516 bits per heavy atom. The molecule has 62 heavy (non-hydrogen) atoms. The lowest BCUT2D eigenvalue weighted by Gasteiger charge is -2.16. The molecule has 1 aromatic heterocycles. The minimum absolute atomic E-state index is 0. The summed E-state index contributed by atoms with van der Waals surface area (Å²) in [6.45, 7) is 4.06. The predicted molar refractivity (Wildman–Crippen MR) is 261 cm³/mol. The summed E-state index contributed by atoms with van der Waals surface area (Å²) in [7, 11) is 0. The second-order valence-corrected chi connectivity index (χ2v) is 16.1. The fraction of sp³-hybridized carbons (Fsp3) is 0.132. The molecule has 9 heteroatoms. The minimum atomic E-state index is -0.287. The number of hydrogen-bond acceptors (Lipinski definition) is 4. The average Bonchev–Trinajstić information content (AvgIpc) is 3.28. The Balaban J connectivity index is 0.000000154. The number of amides is 3. The van der Waals surface area contributed by atoms with E-state index in [1.165, 1.54) is 35.1 Å². The summed E-state index contributed by atoms with van der Waals surface area (Å²) in [5.74, 6) is -0.396. The molecule has 0 unspecified atom stereocenters. The number of pyridine rings is 1. The number of carbonyl (C=O) groups is 3. The van der Waals surface area contributed by atoms with Crippen LogP contribution in [0.3, 0.4) is 0 Å². The van der Waals surface area contributed by atoms with Gasteiger partial charge in [-0.3, -0.25) is 14.4 Å². The van der Waals surface area contributed by atoms with Crippen molar-refractivity contribution >= 4 is 83.9 Å². The molecule has 9 rings (SSSR count). The molecule has 0 fully saturated rings. The van der Waals surface area contributed by atoms with Crippen molar-refractivity contribution in [3.05, 3.63) is 212 Å². The minimum Gasteiger partial charge on any atom is -0.322 e. The number of aryl methyl sites for hydroxylation is 4. The maximum absolute atomic E-state index is 12.3. The SMILES string of the molecule is C.Cc1ccc(NC(=O)c2ccc3c(c2)CCCC3)cc1.Cc1ccc(NC(=O)c2ccc3ccccc3c2)cc1.O=C(Nc1ccc(Br)cc1)c1cc2ccccc2c(Cl)n1. The molecule has 0 spiro atoms. The molecule has 1 aliphatic rings. The Kier molecular flexibility index (Phi) is 15.4. The molecule has 0 saturated heterocycles. The van der Waals surface area contributed by atoms with Gasteiger partial charge >= 0.3 is 0 Å². The monoisotopic (exact) mass is 902 g/mol. The van der Waals surface area contributed by atoms with Gasteiger partial charge < -0.3 is 16.0 Å². The van der Waals surface area contributed by atoms with Gasteiger partial charge in [-0.05, 0) is 146 Å². The third-order valence-electron chi connectivity index (χ3n) is 10.3. The van der Waals surface area contributed by atoms with E-state index in [4.69, 9.17) is 11.6 Å². The highest BCUT2D eigenvalue weighted by molar-refractivity contribution is 9.10. The Bertz CT molecular complexity index is 2830. The molecule has 1 heterocycles. The van der Waals surface area contributed by atoms with E-state index < -0.39 is 0 Å². The van der Waals surface area contributed by atoms with Crippen molar-refractivity contribution in [2.75, 3.05) is 16.0 Å². The molecule has 312 valence electrons. The van der Waals surface area contributed by atoms with Gasteiger partial charge in [0.1, 0.15) is 10.8 Å². The average molecular weight is 904 g/mol. The van der Waals surface area contributed by atoms with Crippen molar-refractivity contribution < 1.29 is 14.4 Å². The van der Waals surface area contributed by atoms with Crippen molar-refractivity contribution in [1.82, 2.24) is 4.98 Å². The number of nitrogens with zero attached hydrogens (tertiary/aromatic N) is 1. The van der Waals surface area contributed by atoms with Crippen molar-refractivity contribution in [2.24, 2.45) is 0 Å². The van der Waals surface area contributed by atoms with Gasteiger partial charge in [0.05, 0.1) is 0 Å². The molecule has 0 bridgehead atoms. The van der Waals surface area contributed by atoms with E-state index in [1.807, 2.05) is 159 Å². The van der Waals surface area contributed by atoms with Gasteiger partial charge in [0.2, 0.25) is 0 Å². The molecular formula is C53H48BrClN4O3. The molecule has 7 nitrogen and oxygen atoms in total. The second kappa shape index (κ2) is 21.3. The molecule has 3 N–H and O–H groups in total. The molecule has 0 atom stereocenters. The predicted octanol–water partition coefficient (Wildman–Crippen LogP) is 14.1. The lowest BCUT2D eigenvalue weighted by molar-refractivity contribution is 0.101. The molecule has 8 aromatic rings. The van der Waals surface area contributed by atoms with Crippen LogP contribution in [0.1, 0.15) is 73.7 Å². The highest BCUT2D eigenvalue weighted by atomic mass is 79.9. The van der Waals surface area contributed by atoms with Crippen LogP contribution < -0.4 is 16.0 Å². The van der Waals surface area contributed by atoms with Crippen LogP contribution in [0.2, 0.25) is 5.15 Å². The molecule has 1 aliphatic carbocycles. The van der Waals surface area contributed by atoms with Crippen LogP contribution in [0, 0.1) is 13.8 Å². The summed E-state index contributed by atoms with van der Waals surface area (Å²) >= 11 is 9.48. The van der Waals surface area contributed by atoms with Gasteiger partial charge in [0.25, 0.3) is 17.7 Å². The number of halogens is 2. The number of carbonyl (C=O) groups excluding carboxylic acids is 3. The van der Waals surface area contributed by atoms with E-state index in [0.29, 0.717) is 22.1 Å². The second-order valence-electron chi connectivity index (χ2n) is 14.9. The van der Waals surface area contributed by atoms with Crippen molar-refractivity contribution in [3.8, 4) is 0 Å². The standard InChI is InChI=1S/C18H19NO.C18H15NO.C16H10BrClN2O.CH4/c2*1-13-6-10-17(11-7-13)19-18(20)16-9-8-14-4-2-3-5-15(14)12-16;17-11-5-7-12(8-6-11)19-16(21)14-9-10-3-1-2-4-13(10)15(18)20-14;/h6-12H,2-5H2,1H3,(H,19,20);2-12H,1H3,(H,19,20);1-9H,(H,19,21);1H4. The first-order valence-electron chi connectivity index (χ1n) is 20.1. The van der Waals surface area contributed by atoms with E-state index in [-0.39, 0.29) is 25.1 Å². The molecule has 0 aliphatic heterocycles. The van der Waals surface area contributed by atoms with Gasteiger partial charge in [-0.15, -0.1) is 0 Å². The number of benzene rings is 7. The quantitative estimate of drug-likeness (QED) is 0.145. The summed E-state index contributed by atoms with van der Waals surface area (Å²) in [5, 5.41) is 12.9. The summed E-state index contributed by atoms with van der Waals surface area (Å²) in [6.07, 6.45) is 4.74. The van der Waals surface area contributed by atoms with E-state index >= 15 is 0 Å². The summed E-state index contributed by atoms with van der Waals surface area (Å²) in [4.78, 5) is 40.9. The molecular weight excluding hydrogens is 856 g/mol. The molecule has 0 radical (unpaired) electrons. The maximum atomic E-state index is 12.3. The topological polar surface area (TPSA) is 100 Å². The van der Waals surface area contributed by atoms with E-state index in [1.54, 1.807) is 6.07 Å². The van der Waals surface area contributed by atoms with Crippen molar-refractivity contribution in [3.63, 3.8) is 0 Å². The fourth-order valence-corrected chi connectivity index (χ4v) is 7.41. The third-order valence-corrected chi connectivity index (χ3v) is 11.1. The summed E-state index contributed by atoms with van der Waals surface area (Å²) in [6, 6.07) is 52.2. The van der Waals surface area contributed by atoms with Crippen molar-refractivity contribution in [1.29, 1.82) is 0 Å². The zero-order chi connectivity index (χ0) is 42.7. The largest absolute Gasteiger partial charge is 0.322 e. The van der Waals surface area contributed by atoms with Crippen LogP contribution in [0.25, 0.3) is 21.5 Å². The Hall–Kier alpha value is -6.61. The normalized spacial score (nSPS) is 11.4.